The molecule has 0 fully saturated rings. The van der Waals surface area contributed by atoms with Crippen LogP contribution in [-0.2, 0) is 13.1 Å². The predicted molar refractivity (Wildman–Crippen MR) is 75.9 cm³/mol. The van der Waals surface area contributed by atoms with Crippen molar-refractivity contribution < 1.29 is 4.79 Å². The fourth-order valence-corrected chi connectivity index (χ4v) is 2.56. The van der Waals surface area contributed by atoms with E-state index in [1.54, 1.807) is 23.1 Å². The molecule has 2 aromatic carbocycles. The first kappa shape index (κ1) is 12.1. The zero-order valence-electron chi connectivity index (χ0n) is 10.3. The van der Waals surface area contributed by atoms with E-state index in [1.165, 1.54) is 11.1 Å². The molecule has 0 aliphatic carbocycles. The maximum atomic E-state index is 12.5. The molecule has 0 atom stereocenters. The average molecular weight is 273 g/mol. The number of hydrogen-bond donors (Lipinski definition) is 1. The number of nitrogen functional groups attached to an aromatic ring is 1. The van der Waals surface area contributed by atoms with Gasteiger partial charge in [0.1, 0.15) is 0 Å². The third-order valence-electron chi connectivity index (χ3n) is 3.37. The van der Waals surface area contributed by atoms with Crippen molar-refractivity contribution in [1.29, 1.82) is 0 Å². The van der Waals surface area contributed by atoms with Crippen molar-refractivity contribution >= 4 is 23.2 Å². The number of carbonyl (C=O) groups excluding carboxylic acids is 1. The molecule has 0 spiro atoms. The minimum Gasteiger partial charge on any atom is -0.398 e. The highest BCUT2D eigenvalue weighted by molar-refractivity contribution is 6.31. The Labute approximate surface area is 116 Å². The van der Waals surface area contributed by atoms with E-state index in [2.05, 4.69) is 0 Å². The molecule has 96 valence electrons. The van der Waals surface area contributed by atoms with E-state index in [0.717, 1.165) is 0 Å². The second-order valence-electron chi connectivity index (χ2n) is 4.66. The summed E-state index contributed by atoms with van der Waals surface area (Å²) in [5, 5.41) is 0.541. The number of carbonyl (C=O) groups is 1. The van der Waals surface area contributed by atoms with Gasteiger partial charge in [-0.25, -0.2) is 0 Å². The van der Waals surface area contributed by atoms with E-state index < -0.39 is 0 Å². The van der Waals surface area contributed by atoms with E-state index in [0.29, 0.717) is 29.4 Å². The summed E-state index contributed by atoms with van der Waals surface area (Å²) in [5.41, 5.74) is 9.19. The standard InChI is InChI=1S/C15H13ClN2O/c16-12-5-6-13(14(17)7-12)15(19)18-8-10-3-1-2-4-11(10)9-18/h1-7H,8-9,17H2. The Morgan fingerprint density at radius 3 is 2.32 bits per heavy atom. The zero-order valence-corrected chi connectivity index (χ0v) is 11.0. The van der Waals surface area contributed by atoms with Crippen molar-refractivity contribution in [1.82, 2.24) is 4.90 Å². The minimum absolute atomic E-state index is 0.0506. The van der Waals surface area contributed by atoms with E-state index in [4.69, 9.17) is 17.3 Å². The van der Waals surface area contributed by atoms with E-state index >= 15 is 0 Å². The van der Waals surface area contributed by atoms with Crippen molar-refractivity contribution in [2.45, 2.75) is 13.1 Å². The van der Waals surface area contributed by atoms with Crippen LogP contribution in [0.5, 0.6) is 0 Å². The first-order valence-electron chi connectivity index (χ1n) is 6.06. The van der Waals surface area contributed by atoms with Crippen LogP contribution in [0.25, 0.3) is 0 Å². The summed E-state index contributed by atoms with van der Waals surface area (Å²) in [6.45, 7) is 1.27. The summed E-state index contributed by atoms with van der Waals surface area (Å²) in [6, 6.07) is 13.1. The molecule has 1 amide bonds. The van der Waals surface area contributed by atoms with Crippen LogP contribution < -0.4 is 5.73 Å². The summed E-state index contributed by atoms with van der Waals surface area (Å²) >= 11 is 5.85. The molecule has 2 N–H and O–H groups in total. The number of nitrogens with zero attached hydrogens (tertiary/aromatic N) is 1. The highest BCUT2D eigenvalue weighted by atomic mass is 35.5. The number of fused-ring (bicyclic) bond motifs is 1. The molecule has 2 aromatic rings. The van der Waals surface area contributed by atoms with Gasteiger partial charge < -0.3 is 10.6 Å². The Morgan fingerprint density at radius 2 is 1.74 bits per heavy atom. The average Bonchev–Trinajstić information content (AvgIpc) is 2.81. The molecule has 0 saturated heterocycles. The molecule has 0 unspecified atom stereocenters. The van der Waals surface area contributed by atoms with Crippen molar-refractivity contribution in [2.75, 3.05) is 5.73 Å². The van der Waals surface area contributed by atoms with Crippen LogP contribution in [0.3, 0.4) is 0 Å². The first-order valence-corrected chi connectivity index (χ1v) is 6.44. The van der Waals surface area contributed by atoms with Crippen LogP contribution in [0.2, 0.25) is 5.02 Å². The molecule has 3 nitrogen and oxygen atoms in total. The topological polar surface area (TPSA) is 46.3 Å². The number of amides is 1. The number of benzene rings is 2. The number of rotatable bonds is 1. The molecule has 1 aliphatic heterocycles. The van der Waals surface area contributed by atoms with Gasteiger partial charge >= 0.3 is 0 Å². The fraction of sp³-hybridized carbons (Fsp3) is 0.133. The van der Waals surface area contributed by atoms with Crippen LogP contribution >= 0.6 is 11.6 Å². The third-order valence-corrected chi connectivity index (χ3v) is 3.61. The van der Waals surface area contributed by atoms with Gasteiger partial charge in [-0.15, -0.1) is 0 Å². The van der Waals surface area contributed by atoms with Gasteiger partial charge in [-0.2, -0.15) is 0 Å². The maximum Gasteiger partial charge on any atom is 0.256 e. The summed E-state index contributed by atoms with van der Waals surface area (Å²) < 4.78 is 0. The summed E-state index contributed by atoms with van der Waals surface area (Å²) in [5.74, 6) is -0.0506. The molecular formula is C15H13ClN2O. The normalized spacial score (nSPS) is 13.4. The zero-order chi connectivity index (χ0) is 13.4. The minimum atomic E-state index is -0.0506. The van der Waals surface area contributed by atoms with Gasteiger partial charge in [0.05, 0.1) is 5.56 Å². The molecule has 19 heavy (non-hydrogen) atoms. The quantitative estimate of drug-likeness (QED) is 0.811. The molecule has 0 radical (unpaired) electrons. The van der Waals surface area contributed by atoms with Crippen molar-refractivity contribution in [3.8, 4) is 0 Å². The second kappa shape index (κ2) is 4.59. The Kier molecular flexibility index (Phi) is 2.91. The molecule has 1 heterocycles. The van der Waals surface area contributed by atoms with Gasteiger partial charge in [0.25, 0.3) is 5.91 Å². The molecule has 1 aliphatic rings. The van der Waals surface area contributed by atoms with E-state index in [-0.39, 0.29) is 5.91 Å². The summed E-state index contributed by atoms with van der Waals surface area (Å²) in [4.78, 5) is 14.2. The highest BCUT2D eigenvalue weighted by Gasteiger charge is 2.24. The number of nitrogens with two attached hydrogens (primary N) is 1. The van der Waals surface area contributed by atoms with Crippen LogP contribution in [0.4, 0.5) is 5.69 Å². The summed E-state index contributed by atoms with van der Waals surface area (Å²) in [6.07, 6.45) is 0. The van der Waals surface area contributed by atoms with E-state index in [9.17, 15) is 4.79 Å². The molecule has 0 bridgehead atoms. The van der Waals surface area contributed by atoms with Gasteiger partial charge in [-0.05, 0) is 29.3 Å². The van der Waals surface area contributed by atoms with Crippen molar-refractivity contribution in [3.63, 3.8) is 0 Å². The van der Waals surface area contributed by atoms with Crippen molar-refractivity contribution in [3.05, 3.63) is 64.2 Å². The Bertz CT molecular complexity index is 629. The Morgan fingerprint density at radius 1 is 1.11 bits per heavy atom. The largest absolute Gasteiger partial charge is 0.398 e. The van der Waals surface area contributed by atoms with Crippen LogP contribution in [-0.4, -0.2) is 10.8 Å². The van der Waals surface area contributed by atoms with E-state index in [1.807, 2.05) is 24.3 Å². The lowest BCUT2D eigenvalue weighted by Crippen LogP contribution is -2.26. The maximum absolute atomic E-state index is 12.5. The number of anilines is 1. The molecule has 0 aromatic heterocycles. The third kappa shape index (κ3) is 2.17. The first-order chi connectivity index (χ1) is 9.15. The molecule has 0 saturated carbocycles. The molecular weight excluding hydrogens is 260 g/mol. The Hall–Kier alpha value is -2.00. The predicted octanol–water partition coefficient (Wildman–Crippen LogP) is 3.08. The lowest BCUT2D eigenvalue weighted by molar-refractivity contribution is 0.0752. The monoisotopic (exact) mass is 272 g/mol. The van der Waals surface area contributed by atoms with Crippen LogP contribution in [0.15, 0.2) is 42.5 Å². The van der Waals surface area contributed by atoms with Gasteiger partial charge in [-0.3, -0.25) is 4.79 Å². The number of hydrogen-bond acceptors (Lipinski definition) is 2. The smallest absolute Gasteiger partial charge is 0.256 e. The van der Waals surface area contributed by atoms with Gasteiger partial charge in [0.15, 0.2) is 0 Å². The summed E-state index contributed by atoms with van der Waals surface area (Å²) in [7, 11) is 0. The fourth-order valence-electron chi connectivity index (χ4n) is 2.38. The highest BCUT2D eigenvalue weighted by Crippen LogP contribution is 2.26. The van der Waals surface area contributed by atoms with Crippen LogP contribution in [0, 0.1) is 0 Å². The number of halogens is 1. The van der Waals surface area contributed by atoms with Crippen molar-refractivity contribution in [2.24, 2.45) is 0 Å². The van der Waals surface area contributed by atoms with Gasteiger partial charge in [0.2, 0.25) is 0 Å². The molecule has 4 heteroatoms. The van der Waals surface area contributed by atoms with Gasteiger partial charge in [0, 0.05) is 23.8 Å². The van der Waals surface area contributed by atoms with Crippen LogP contribution in [0.1, 0.15) is 21.5 Å². The lowest BCUT2D eigenvalue weighted by atomic mass is 10.1. The lowest BCUT2D eigenvalue weighted by Gasteiger charge is -2.16. The Balaban J connectivity index is 1.87. The molecule has 3 rings (SSSR count). The SMILES string of the molecule is Nc1cc(Cl)ccc1C(=O)N1Cc2ccccc2C1. The second-order valence-corrected chi connectivity index (χ2v) is 5.10. The van der Waals surface area contributed by atoms with Gasteiger partial charge in [-0.1, -0.05) is 35.9 Å².